The lowest BCUT2D eigenvalue weighted by Crippen LogP contribution is -2.08. The van der Waals surface area contributed by atoms with E-state index in [2.05, 4.69) is 12.2 Å². The second kappa shape index (κ2) is 5.00. The molecule has 0 atom stereocenters. The first kappa shape index (κ1) is 11.0. The van der Waals surface area contributed by atoms with E-state index in [0.29, 0.717) is 24.3 Å². The molecule has 0 heterocycles. The van der Waals surface area contributed by atoms with Crippen LogP contribution in [0.15, 0.2) is 18.2 Å². The molecule has 0 spiro atoms. The minimum atomic E-state index is -0.507. The van der Waals surface area contributed by atoms with Gasteiger partial charge < -0.3 is 5.73 Å². The van der Waals surface area contributed by atoms with Gasteiger partial charge in [-0.2, -0.15) is 0 Å². The van der Waals surface area contributed by atoms with Gasteiger partial charge in [0.25, 0.3) is 0 Å². The summed E-state index contributed by atoms with van der Waals surface area (Å²) in [5.41, 5.74) is 5.39. The van der Waals surface area contributed by atoms with Gasteiger partial charge in [-0.3, -0.25) is 0 Å². The van der Waals surface area contributed by atoms with Crippen LogP contribution in [-0.2, 0) is 6.42 Å². The Bertz CT molecular complexity index is 319. The van der Waals surface area contributed by atoms with E-state index < -0.39 is 11.6 Å². The highest BCUT2D eigenvalue weighted by atomic mass is 32.1. The van der Waals surface area contributed by atoms with Gasteiger partial charge in [-0.15, -0.1) is 0 Å². The number of nitrogens with two attached hydrogens (primary N) is 1. The van der Waals surface area contributed by atoms with Gasteiger partial charge in [-0.05, 0) is 31.4 Å². The zero-order chi connectivity index (χ0) is 10.6. The molecule has 0 aromatic heterocycles. The summed E-state index contributed by atoms with van der Waals surface area (Å²) in [5, 5.41) is 0. The summed E-state index contributed by atoms with van der Waals surface area (Å²) in [7, 11) is 0. The molecule has 1 aromatic rings. The molecule has 1 rings (SSSR count). The fraction of sp³-hybridized carbons (Fsp3) is 0.300. The number of benzene rings is 1. The Labute approximate surface area is 86.9 Å². The van der Waals surface area contributed by atoms with Crippen LogP contribution in [0.3, 0.4) is 0 Å². The predicted molar refractivity (Wildman–Crippen MR) is 56.1 cm³/mol. The van der Waals surface area contributed by atoms with Crippen molar-refractivity contribution >= 4 is 17.2 Å². The molecule has 0 amide bonds. The van der Waals surface area contributed by atoms with Gasteiger partial charge in [0.15, 0.2) is 0 Å². The molecule has 0 aliphatic heterocycles. The Morgan fingerprint density at radius 2 is 1.86 bits per heavy atom. The summed E-state index contributed by atoms with van der Waals surface area (Å²) >= 11 is 4.67. The third-order valence-electron chi connectivity index (χ3n) is 1.91. The Morgan fingerprint density at radius 3 is 2.36 bits per heavy atom. The highest BCUT2D eigenvalue weighted by Crippen LogP contribution is 2.14. The number of hydrogen-bond donors (Lipinski definition) is 1. The molecule has 2 N–H and O–H groups in total. The standard InChI is InChI=1S/C10H11F2NS/c11-8-4-2-5-9(12)7(8)3-1-6-10(13)14/h2,4-5H,1,3,6H2,(H2,13,14). The van der Waals surface area contributed by atoms with Crippen molar-refractivity contribution in [3.63, 3.8) is 0 Å². The molecule has 14 heavy (non-hydrogen) atoms. The molecule has 0 saturated carbocycles. The van der Waals surface area contributed by atoms with Crippen LogP contribution in [-0.4, -0.2) is 4.99 Å². The molecule has 0 radical (unpaired) electrons. The Morgan fingerprint density at radius 1 is 1.29 bits per heavy atom. The van der Waals surface area contributed by atoms with Gasteiger partial charge in [-0.1, -0.05) is 18.3 Å². The number of halogens is 2. The summed E-state index contributed by atoms with van der Waals surface area (Å²) in [6.07, 6.45) is 1.42. The van der Waals surface area contributed by atoms with Crippen LogP contribution in [0.2, 0.25) is 0 Å². The lowest BCUT2D eigenvalue weighted by Gasteiger charge is -2.03. The van der Waals surface area contributed by atoms with Crippen LogP contribution >= 0.6 is 12.2 Å². The Kier molecular flexibility index (Phi) is 3.95. The molecular formula is C10H11F2NS. The van der Waals surface area contributed by atoms with E-state index in [1.165, 1.54) is 18.2 Å². The molecule has 0 unspecified atom stereocenters. The molecular weight excluding hydrogens is 204 g/mol. The van der Waals surface area contributed by atoms with Crippen LogP contribution in [0.4, 0.5) is 8.78 Å². The van der Waals surface area contributed by atoms with Crippen molar-refractivity contribution in [2.45, 2.75) is 19.3 Å². The number of thiocarbonyl (C=S) groups is 1. The van der Waals surface area contributed by atoms with E-state index >= 15 is 0 Å². The van der Waals surface area contributed by atoms with Crippen LogP contribution < -0.4 is 5.73 Å². The molecule has 4 heteroatoms. The SMILES string of the molecule is NC(=S)CCCc1c(F)cccc1F. The molecule has 76 valence electrons. The molecule has 0 aliphatic rings. The van der Waals surface area contributed by atoms with Crippen LogP contribution in [0.5, 0.6) is 0 Å². The quantitative estimate of drug-likeness (QED) is 0.781. The van der Waals surface area contributed by atoms with Crippen molar-refractivity contribution in [2.75, 3.05) is 0 Å². The maximum atomic E-state index is 13.1. The summed E-state index contributed by atoms with van der Waals surface area (Å²) in [6, 6.07) is 3.85. The molecule has 0 saturated heterocycles. The average Bonchev–Trinajstić information content (AvgIpc) is 2.09. The third kappa shape index (κ3) is 3.03. The second-order valence-corrected chi connectivity index (χ2v) is 3.54. The summed E-state index contributed by atoms with van der Waals surface area (Å²) in [4.78, 5) is 0.377. The van der Waals surface area contributed by atoms with E-state index in [1.807, 2.05) is 0 Å². The molecule has 0 aliphatic carbocycles. The topological polar surface area (TPSA) is 26.0 Å². The van der Waals surface area contributed by atoms with Crippen molar-refractivity contribution in [3.8, 4) is 0 Å². The smallest absolute Gasteiger partial charge is 0.129 e. The zero-order valence-electron chi connectivity index (χ0n) is 7.59. The lowest BCUT2D eigenvalue weighted by atomic mass is 10.1. The Hall–Kier alpha value is -1.03. The minimum absolute atomic E-state index is 0.115. The van der Waals surface area contributed by atoms with Crippen molar-refractivity contribution < 1.29 is 8.78 Å². The fourth-order valence-corrected chi connectivity index (χ4v) is 1.35. The Balaban J connectivity index is 2.62. The van der Waals surface area contributed by atoms with Crippen LogP contribution in [0.25, 0.3) is 0 Å². The maximum absolute atomic E-state index is 13.1. The van der Waals surface area contributed by atoms with Crippen molar-refractivity contribution in [3.05, 3.63) is 35.4 Å². The molecule has 0 fully saturated rings. The highest BCUT2D eigenvalue weighted by Gasteiger charge is 2.07. The van der Waals surface area contributed by atoms with Crippen LogP contribution in [0, 0.1) is 11.6 Å². The second-order valence-electron chi connectivity index (χ2n) is 3.02. The predicted octanol–water partition coefficient (Wildman–Crippen LogP) is 2.57. The summed E-state index contributed by atoms with van der Waals surface area (Å²) in [5.74, 6) is -1.01. The lowest BCUT2D eigenvalue weighted by molar-refractivity contribution is 0.551. The van der Waals surface area contributed by atoms with Crippen LogP contribution in [0.1, 0.15) is 18.4 Å². The van der Waals surface area contributed by atoms with E-state index in [-0.39, 0.29) is 5.56 Å². The van der Waals surface area contributed by atoms with Gasteiger partial charge in [0.1, 0.15) is 11.6 Å². The minimum Gasteiger partial charge on any atom is -0.393 e. The number of hydrogen-bond acceptors (Lipinski definition) is 1. The first-order chi connectivity index (χ1) is 6.61. The van der Waals surface area contributed by atoms with Gasteiger partial charge in [0.05, 0.1) is 4.99 Å². The third-order valence-corrected chi connectivity index (χ3v) is 2.12. The largest absolute Gasteiger partial charge is 0.393 e. The van der Waals surface area contributed by atoms with E-state index in [0.717, 1.165) is 0 Å². The van der Waals surface area contributed by atoms with Gasteiger partial charge in [-0.25, -0.2) is 8.78 Å². The van der Waals surface area contributed by atoms with Crippen molar-refractivity contribution in [1.82, 2.24) is 0 Å². The fourth-order valence-electron chi connectivity index (χ4n) is 1.21. The van der Waals surface area contributed by atoms with Gasteiger partial charge in [0, 0.05) is 5.56 Å². The van der Waals surface area contributed by atoms with Gasteiger partial charge in [0.2, 0.25) is 0 Å². The average molecular weight is 215 g/mol. The van der Waals surface area contributed by atoms with E-state index in [9.17, 15) is 8.78 Å². The van der Waals surface area contributed by atoms with Crippen molar-refractivity contribution in [1.29, 1.82) is 0 Å². The van der Waals surface area contributed by atoms with E-state index in [4.69, 9.17) is 5.73 Å². The molecule has 0 bridgehead atoms. The normalized spacial score (nSPS) is 10.1. The highest BCUT2D eigenvalue weighted by molar-refractivity contribution is 7.80. The maximum Gasteiger partial charge on any atom is 0.129 e. The van der Waals surface area contributed by atoms with Gasteiger partial charge >= 0.3 is 0 Å². The summed E-state index contributed by atoms with van der Waals surface area (Å²) in [6.45, 7) is 0. The first-order valence-electron chi connectivity index (χ1n) is 4.32. The molecule has 1 nitrogen and oxygen atoms in total. The summed E-state index contributed by atoms with van der Waals surface area (Å²) < 4.78 is 26.1. The molecule has 1 aromatic carbocycles. The monoisotopic (exact) mass is 215 g/mol. The van der Waals surface area contributed by atoms with E-state index in [1.54, 1.807) is 0 Å². The van der Waals surface area contributed by atoms with Crippen molar-refractivity contribution in [2.24, 2.45) is 5.73 Å². The zero-order valence-corrected chi connectivity index (χ0v) is 8.41. The first-order valence-corrected chi connectivity index (χ1v) is 4.73. The number of rotatable bonds is 4.